The van der Waals surface area contributed by atoms with Gasteiger partial charge in [-0.15, -0.1) is 0 Å². The highest BCUT2D eigenvalue weighted by Gasteiger charge is 2.36. The van der Waals surface area contributed by atoms with E-state index >= 15 is 0 Å². The second-order valence-corrected chi connectivity index (χ2v) is 16.9. The maximum absolute atomic E-state index is 6.07. The van der Waals surface area contributed by atoms with Gasteiger partial charge in [0.2, 0.25) is 0 Å². The van der Waals surface area contributed by atoms with Crippen LogP contribution in [0, 0.1) is 0 Å². The summed E-state index contributed by atoms with van der Waals surface area (Å²) in [6, 6.07) is 1.31. The second-order valence-electron chi connectivity index (χ2n) is 8.63. The topological polar surface area (TPSA) is 24.9 Å². The highest BCUT2D eigenvalue weighted by molar-refractivity contribution is 6.71. The Morgan fingerprint density at radius 3 is 1.38 bits per heavy atom. The van der Waals surface area contributed by atoms with E-state index in [1.165, 1.54) is 25.7 Å². The van der Waals surface area contributed by atoms with Crippen LogP contribution in [0.5, 0.6) is 0 Å². The molecular weight excluding hydrogens is 332 g/mol. The highest BCUT2D eigenvalue weighted by Crippen LogP contribution is 2.27. The Morgan fingerprint density at radius 2 is 1.08 bits per heavy atom. The first-order chi connectivity index (χ1) is 11.1. The van der Waals surface area contributed by atoms with E-state index in [1.54, 1.807) is 0 Å². The average Bonchev–Trinajstić information content (AvgIpc) is 2.45. The zero-order valence-electron chi connectivity index (χ0n) is 17.5. The first-order valence-electron chi connectivity index (χ1n) is 9.80. The van der Waals surface area contributed by atoms with Gasteiger partial charge in [0.1, 0.15) is 0 Å². The summed E-state index contributed by atoms with van der Waals surface area (Å²) in [6.07, 6.45) is 7.62. The van der Waals surface area contributed by atoms with Crippen LogP contribution in [0.2, 0.25) is 26.2 Å². The van der Waals surface area contributed by atoms with Crippen LogP contribution in [0.25, 0.3) is 0 Å². The van der Waals surface area contributed by atoms with Crippen LogP contribution in [0.3, 0.4) is 0 Å². The predicted octanol–water partition coefficient (Wildman–Crippen LogP) is 3.72. The SMILES string of the molecule is CCO[Si](C)(C)CN(C)[C@@H]1CCCC[C@H]1N(C)C[Si](C)(C)OCC. The van der Waals surface area contributed by atoms with Crippen LogP contribution in [-0.2, 0) is 8.85 Å². The molecule has 1 fully saturated rings. The third-order valence-electron chi connectivity index (χ3n) is 5.16. The Hall–Kier alpha value is 0.274. The van der Waals surface area contributed by atoms with Crippen LogP contribution in [0.4, 0.5) is 0 Å². The third-order valence-corrected chi connectivity index (χ3v) is 9.82. The van der Waals surface area contributed by atoms with Crippen molar-refractivity contribution in [1.82, 2.24) is 9.80 Å². The molecule has 0 aromatic heterocycles. The van der Waals surface area contributed by atoms with E-state index in [9.17, 15) is 0 Å². The van der Waals surface area contributed by atoms with E-state index in [-0.39, 0.29) is 0 Å². The molecule has 2 atom stereocenters. The molecule has 144 valence electrons. The van der Waals surface area contributed by atoms with Crippen molar-refractivity contribution in [1.29, 1.82) is 0 Å². The van der Waals surface area contributed by atoms with Crippen molar-refractivity contribution in [3.8, 4) is 0 Å². The smallest absolute Gasteiger partial charge is 0.200 e. The Balaban J connectivity index is 2.73. The van der Waals surface area contributed by atoms with Crippen molar-refractivity contribution in [3.63, 3.8) is 0 Å². The third kappa shape index (κ3) is 7.26. The number of hydrogen-bond donors (Lipinski definition) is 0. The summed E-state index contributed by atoms with van der Waals surface area (Å²) in [5.41, 5.74) is 0. The van der Waals surface area contributed by atoms with Crippen molar-refractivity contribution in [2.75, 3.05) is 39.6 Å². The molecule has 1 aliphatic rings. The predicted molar refractivity (Wildman–Crippen MR) is 110 cm³/mol. The first-order valence-corrected chi connectivity index (χ1v) is 16.0. The lowest BCUT2D eigenvalue weighted by Gasteiger charge is -2.45. The monoisotopic (exact) mass is 374 g/mol. The van der Waals surface area contributed by atoms with Crippen LogP contribution < -0.4 is 0 Å². The number of likely N-dealkylation sites (N-methyl/N-ethyl adjacent to an activating group) is 2. The molecule has 0 unspecified atom stereocenters. The van der Waals surface area contributed by atoms with E-state index in [0.717, 1.165) is 25.5 Å². The van der Waals surface area contributed by atoms with Gasteiger partial charge in [-0.05, 0) is 67.0 Å². The van der Waals surface area contributed by atoms with Crippen molar-refractivity contribution in [3.05, 3.63) is 0 Å². The fraction of sp³-hybridized carbons (Fsp3) is 1.00. The fourth-order valence-corrected chi connectivity index (χ4v) is 9.05. The maximum Gasteiger partial charge on any atom is 0.200 e. The molecule has 0 amide bonds. The summed E-state index contributed by atoms with van der Waals surface area (Å²) in [4.78, 5) is 5.22. The Kier molecular flexibility index (Phi) is 9.14. The van der Waals surface area contributed by atoms with E-state index in [1.807, 2.05) is 0 Å². The van der Waals surface area contributed by atoms with Gasteiger partial charge in [0.15, 0.2) is 16.6 Å². The molecule has 0 bridgehead atoms. The minimum Gasteiger partial charge on any atom is -0.416 e. The lowest BCUT2D eigenvalue weighted by molar-refractivity contribution is 0.0904. The second kappa shape index (κ2) is 9.83. The van der Waals surface area contributed by atoms with Gasteiger partial charge in [-0.2, -0.15) is 0 Å². The van der Waals surface area contributed by atoms with Gasteiger partial charge in [-0.25, -0.2) is 0 Å². The van der Waals surface area contributed by atoms with Gasteiger partial charge >= 0.3 is 0 Å². The standard InChI is InChI=1S/C18H42N2O2Si2/c1-9-21-23(5,6)15-19(3)17-13-11-12-14-18(17)20(4)16-24(7,8)22-10-2/h17-18H,9-16H2,1-8H3/t17-,18-/m1/s1. The van der Waals surface area contributed by atoms with Gasteiger partial charge in [0.25, 0.3) is 0 Å². The summed E-state index contributed by atoms with van der Waals surface area (Å²) in [6.45, 7) is 15.3. The Bertz CT molecular complexity index is 333. The molecule has 1 rings (SSSR count). The molecule has 1 aliphatic carbocycles. The number of rotatable bonds is 10. The molecule has 0 N–H and O–H groups in total. The first kappa shape index (κ1) is 22.3. The van der Waals surface area contributed by atoms with Gasteiger partial charge in [-0.3, -0.25) is 0 Å². The van der Waals surface area contributed by atoms with Gasteiger partial charge in [0.05, 0.1) is 0 Å². The molecule has 6 heteroatoms. The number of nitrogens with zero attached hydrogens (tertiary/aromatic N) is 2. The summed E-state index contributed by atoms with van der Waals surface area (Å²) in [5, 5.41) is 0. The van der Waals surface area contributed by atoms with E-state index in [0.29, 0.717) is 12.1 Å². The van der Waals surface area contributed by atoms with Crippen molar-refractivity contribution in [2.24, 2.45) is 0 Å². The highest BCUT2D eigenvalue weighted by atomic mass is 28.4. The van der Waals surface area contributed by atoms with Crippen molar-refractivity contribution < 1.29 is 8.85 Å². The molecule has 0 aliphatic heterocycles. The van der Waals surface area contributed by atoms with E-state index in [4.69, 9.17) is 8.85 Å². The molecule has 24 heavy (non-hydrogen) atoms. The van der Waals surface area contributed by atoms with Crippen molar-refractivity contribution >= 4 is 16.6 Å². The molecule has 0 aromatic rings. The molecule has 0 saturated heterocycles. The molecule has 0 aromatic carbocycles. The molecule has 0 heterocycles. The van der Waals surface area contributed by atoms with Crippen LogP contribution in [0.1, 0.15) is 39.5 Å². The normalized spacial score (nSPS) is 23.2. The van der Waals surface area contributed by atoms with Crippen molar-refractivity contribution in [2.45, 2.75) is 77.8 Å². The summed E-state index contributed by atoms with van der Waals surface area (Å²) >= 11 is 0. The minimum absolute atomic E-state index is 0.655. The maximum atomic E-state index is 6.07. The molecule has 0 radical (unpaired) electrons. The average molecular weight is 375 g/mol. The van der Waals surface area contributed by atoms with Crippen LogP contribution in [-0.4, -0.2) is 78.2 Å². The van der Waals surface area contributed by atoms with Gasteiger partial charge in [-0.1, -0.05) is 12.8 Å². The zero-order chi connectivity index (χ0) is 18.4. The van der Waals surface area contributed by atoms with Gasteiger partial charge < -0.3 is 18.7 Å². The molecule has 4 nitrogen and oxygen atoms in total. The lowest BCUT2D eigenvalue weighted by Crippen LogP contribution is -2.58. The molecule has 1 saturated carbocycles. The van der Waals surface area contributed by atoms with Crippen LogP contribution in [0.15, 0.2) is 0 Å². The van der Waals surface area contributed by atoms with E-state index < -0.39 is 16.6 Å². The largest absolute Gasteiger partial charge is 0.416 e. The Labute approximate surface area is 153 Å². The van der Waals surface area contributed by atoms with Crippen LogP contribution >= 0.6 is 0 Å². The minimum atomic E-state index is -1.58. The summed E-state index contributed by atoms with van der Waals surface area (Å²) in [7, 11) is 1.46. The van der Waals surface area contributed by atoms with Gasteiger partial charge in [0, 0.05) is 37.6 Å². The Morgan fingerprint density at radius 1 is 0.750 bits per heavy atom. The molecule has 0 spiro atoms. The summed E-state index contributed by atoms with van der Waals surface area (Å²) < 4.78 is 12.1. The summed E-state index contributed by atoms with van der Waals surface area (Å²) in [5.74, 6) is 0. The van der Waals surface area contributed by atoms with E-state index in [2.05, 4.69) is 63.9 Å². The fourth-order valence-electron chi connectivity index (χ4n) is 4.43. The zero-order valence-corrected chi connectivity index (χ0v) is 19.5. The lowest BCUT2D eigenvalue weighted by atomic mass is 9.89. The number of hydrogen-bond acceptors (Lipinski definition) is 4. The molecular formula is C18H42N2O2Si2. The quantitative estimate of drug-likeness (QED) is 0.544.